The molecule has 15 heavy (non-hydrogen) atoms. The summed E-state index contributed by atoms with van der Waals surface area (Å²) in [5, 5.41) is 3.09. The maximum absolute atomic E-state index is 11.7. The van der Waals surface area contributed by atoms with Gasteiger partial charge in [0.2, 0.25) is 5.91 Å². The molecular weight excluding hydrogens is 188 g/mol. The second-order valence-corrected chi connectivity index (χ2v) is 4.77. The van der Waals surface area contributed by atoms with Crippen molar-refractivity contribution in [2.45, 2.75) is 64.5 Å². The minimum Gasteiger partial charge on any atom is -0.352 e. The van der Waals surface area contributed by atoms with Gasteiger partial charge >= 0.3 is 0 Å². The van der Waals surface area contributed by atoms with Gasteiger partial charge in [-0.25, -0.2) is 0 Å². The van der Waals surface area contributed by atoms with Crippen LogP contribution in [0.5, 0.6) is 0 Å². The van der Waals surface area contributed by atoms with Crippen LogP contribution in [0.4, 0.5) is 0 Å². The van der Waals surface area contributed by atoms with Crippen LogP contribution in [0.1, 0.15) is 52.4 Å². The van der Waals surface area contributed by atoms with E-state index in [2.05, 4.69) is 19.2 Å². The molecule has 1 aliphatic carbocycles. The van der Waals surface area contributed by atoms with Crippen LogP contribution in [0.15, 0.2) is 0 Å². The molecule has 3 unspecified atom stereocenters. The fourth-order valence-corrected chi connectivity index (χ4v) is 2.26. The van der Waals surface area contributed by atoms with Gasteiger partial charge in [-0.3, -0.25) is 4.79 Å². The third-order valence-electron chi connectivity index (χ3n) is 3.38. The standard InChI is InChI=1S/C12H24N2O/c1-3-6-10(13)12(15)14-11-8-5-4-7-9(11)2/h9-11H,3-8,13H2,1-2H3,(H,14,15). The number of rotatable bonds is 4. The molecule has 88 valence electrons. The first-order valence-corrected chi connectivity index (χ1v) is 6.21. The van der Waals surface area contributed by atoms with E-state index >= 15 is 0 Å². The number of amides is 1. The van der Waals surface area contributed by atoms with Crippen molar-refractivity contribution >= 4 is 5.91 Å². The first-order chi connectivity index (χ1) is 7.15. The van der Waals surface area contributed by atoms with E-state index in [4.69, 9.17) is 5.73 Å². The predicted octanol–water partition coefficient (Wildman–Crippen LogP) is 1.81. The Morgan fingerprint density at radius 3 is 2.73 bits per heavy atom. The number of nitrogens with two attached hydrogens (primary N) is 1. The van der Waals surface area contributed by atoms with E-state index < -0.39 is 0 Å². The second-order valence-electron chi connectivity index (χ2n) is 4.77. The average Bonchev–Trinajstić information content (AvgIpc) is 2.21. The van der Waals surface area contributed by atoms with Gasteiger partial charge in [0.05, 0.1) is 6.04 Å². The molecule has 3 N–H and O–H groups in total. The lowest BCUT2D eigenvalue weighted by molar-refractivity contribution is -0.123. The van der Waals surface area contributed by atoms with Crippen LogP contribution in [0.3, 0.4) is 0 Å². The van der Waals surface area contributed by atoms with Gasteiger partial charge in [-0.15, -0.1) is 0 Å². The molecule has 1 rings (SSSR count). The number of hydrogen-bond acceptors (Lipinski definition) is 2. The van der Waals surface area contributed by atoms with Crippen molar-refractivity contribution in [2.24, 2.45) is 11.7 Å². The Labute approximate surface area is 92.8 Å². The van der Waals surface area contributed by atoms with Gasteiger partial charge in [-0.05, 0) is 25.2 Å². The third-order valence-corrected chi connectivity index (χ3v) is 3.38. The summed E-state index contributed by atoms with van der Waals surface area (Å²) in [6.45, 7) is 4.27. The van der Waals surface area contributed by atoms with Crippen LogP contribution in [-0.4, -0.2) is 18.0 Å². The lowest BCUT2D eigenvalue weighted by Crippen LogP contribution is -2.48. The predicted molar refractivity (Wildman–Crippen MR) is 62.4 cm³/mol. The van der Waals surface area contributed by atoms with Crippen molar-refractivity contribution in [3.05, 3.63) is 0 Å². The Morgan fingerprint density at radius 2 is 2.13 bits per heavy atom. The summed E-state index contributed by atoms with van der Waals surface area (Å²) in [5.74, 6) is 0.645. The number of carbonyl (C=O) groups excluding carboxylic acids is 1. The normalized spacial score (nSPS) is 28.5. The maximum Gasteiger partial charge on any atom is 0.237 e. The maximum atomic E-state index is 11.7. The van der Waals surface area contributed by atoms with Gasteiger partial charge < -0.3 is 11.1 Å². The quantitative estimate of drug-likeness (QED) is 0.746. The van der Waals surface area contributed by atoms with Crippen molar-refractivity contribution < 1.29 is 4.79 Å². The largest absolute Gasteiger partial charge is 0.352 e. The smallest absolute Gasteiger partial charge is 0.237 e. The van der Waals surface area contributed by atoms with Crippen molar-refractivity contribution in [2.75, 3.05) is 0 Å². The van der Waals surface area contributed by atoms with Crippen LogP contribution in [0.25, 0.3) is 0 Å². The number of carbonyl (C=O) groups is 1. The second kappa shape index (κ2) is 6.11. The molecule has 0 aromatic heterocycles. The van der Waals surface area contributed by atoms with E-state index in [0.717, 1.165) is 19.3 Å². The van der Waals surface area contributed by atoms with Crippen LogP contribution in [0.2, 0.25) is 0 Å². The zero-order valence-electron chi connectivity index (χ0n) is 9.96. The molecule has 3 heteroatoms. The molecular formula is C12H24N2O. The van der Waals surface area contributed by atoms with E-state index in [0.29, 0.717) is 12.0 Å². The zero-order valence-corrected chi connectivity index (χ0v) is 9.96. The molecule has 1 amide bonds. The van der Waals surface area contributed by atoms with Gasteiger partial charge in [0.1, 0.15) is 0 Å². The van der Waals surface area contributed by atoms with Crippen molar-refractivity contribution in [3.8, 4) is 0 Å². The molecule has 3 nitrogen and oxygen atoms in total. The Kier molecular flexibility index (Phi) is 5.09. The number of nitrogens with one attached hydrogen (secondary N) is 1. The highest BCUT2D eigenvalue weighted by Gasteiger charge is 2.24. The van der Waals surface area contributed by atoms with Crippen LogP contribution < -0.4 is 11.1 Å². The summed E-state index contributed by atoms with van der Waals surface area (Å²) in [6.07, 6.45) is 6.63. The van der Waals surface area contributed by atoms with Gasteiger partial charge in [-0.1, -0.05) is 33.1 Å². The molecule has 0 aromatic carbocycles. The molecule has 3 atom stereocenters. The van der Waals surface area contributed by atoms with Gasteiger partial charge in [0, 0.05) is 6.04 Å². The highest BCUT2D eigenvalue weighted by atomic mass is 16.2. The molecule has 1 aliphatic rings. The average molecular weight is 212 g/mol. The Bertz CT molecular complexity index is 206. The molecule has 0 aromatic rings. The molecule has 0 spiro atoms. The Morgan fingerprint density at radius 1 is 1.47 bits per heavy atom. The lowest BCUT2D eigenvalue weighted by Gasteiger charge is -2.30. The third kappa shape index (κ3) is 3.82. The highest BCUT2D eigenvalue weighted by molar-refractivity contribution is 5.81. The summed E-state index contributed by atoms with van der Waals surface area (Å²) < 4.78 is 0. The molecule has 0 heterocycles. The van der Waals surface area contributed by atoms with Crippen LogP contribution >= 0.6 is 0 Å². The van der Waals surface area contributed by atoms with Crippen molar-refractivity contribution in [1.82, 2.24) is 5.32 Å². The Balaban J connectivity index is 2.35. The topological polar surface area (TPSA) is 55.1 Å². The molecule has 1 saturated carbocycles. The SMILES string of the molecule is CCCC(N)C(=O)NC1CCCCC1C. The van der Waals surface area contributed by atoms with E-state index in [1.807, 2.05) is 0 Å². The zero-order chi connectivity index (χ0) is 11.3. The minimum atomic E-state index is -0.316. The van der Waals surface area contributed by atoms with Crippen molar-refractivity contribution in [3.63, 3.8) is 0 Å². The first kappa shape index (κ1) is 12.5. The van der Waals surface area contributed by atoms with E-state index in [9.17, 15) is 4.79 Å². The summed E-state index contributed by atoms with van der Waals surface area (Å²) in [5.41, 5.74) is 5.78. The first-order valence-electron chi connectivity index (χ1n) is 6.21. The highest BCUT2D eigenvalue weighted by Crippen LogP contribution is 2.23. The van der Waals surface area contributed by atoms with Crippen molar-refractivity contribution in [1.29, 1.82) is 0 Å². The fourth-order valence-electron chi connectivity index (χ4n) is 2.26. The fraction of sp³-hybridized carbons (Fsp3) is 0.917. The molecule has 0 aliphatic heterocycles. The lowest BCUT2D eigenvalue weighted by atomic mass is 9.86. The minimum absolute atomic E-state index is 0.0376. The summed E-state index contributed by atoms with van der Waals surface area (Å²) in [4.78, 5) is 11.7. The van der Waals surface area contributed by atoms with E-state index in [1.54, 1.807) is 0 Å². The van der Waals surface area contributed by atoms with E-state index in [1.165, 1.54) is 19.3 Å². The van der Waals surface area contributed by atoms with E-state index in [-0.39, 0.29) is 11.9 Å². The molecule has 0 bridgehead atoms. The molecule has 0 saturated heterocycles. The molecule has 0 radical (unpaired) electrons. The van der Waals surface area contributed by atoms with Gasteiger partial charge in [-0.2, -0.15) is 0 Å². The monoisotopic (exact) mass is 212 g/mol. The Hall–Kier alpha value is -0.570. The summed E-state index contributed by atoms with van der Waals surface area (Å²) in [6, 6.07) is 0.0401. The van der Waals surface area contributed by atoms with Crippen LogP contribution in [0, 0.1) is 5.92 Å². The summed E-state index contributed by atoms with van der Waals surface area (Å²) >= 11 is 0. The number of hydrogen-bond donors (Lipinski definition) is 2. The van der Waals surface area contributed by atoms with Gasteiger partial charge in [0.15, 0.2) is 0 Å². The van der Waals surface area contributed by atoms with Crippen LogP contribution in [-0.2, 0) is 4.79 Å². The summed E-state index contributed by atoms with van der Waals surface area (Å²) in [7, 11) is 0. The van der Waals surface area contributed by atoms with Gasteiger partial charge in [0.25, 0.3) is 0 Å². The molecule has 1 fully saturated rings.